The Labute approximate surface area is 192 Å². The molecule has 3 heterocycles. The third kappa shape index (κ3) is 5.88. The lowest BCUT2D eigenvalue weighted by Crippen LogP contribution is -2.42. The molecule has 1 aromatic carbocycles. The molecular weight excluding hydrogens is 404 g/mol. The second-order valence-corrected chi connectivity index (χ2v) is 9.90. The third-order valence-electron chi connectivity index (χ3n) is 7.74. The summed E-state index contributed by atoms with van der Waals surface area (Å²) >= 11 is 0. The molecule has 3 aliphatic rings. The van der Waals surface area contributed by atoms with Crippen LogP contribution in [0.4, 0.5) is 0 Å². The quantitative estimate of drug-likeness (QED) is 0.621. The molecule has 176 valence electrons. The summed E-state index contributed by atoms with van der Waals surface area (Å²) in [7, 11) is 1.87. The molecule has 0 bridgehead atoms. The molecule has 7 heteroatoms. The van der Waals surface area contributed by atoms with Crippen LogP contribution in [0, 0.1) is 5.41 Å². The van der Waals surface area contributed by atoms with Gasteiger partial charge in [0.15, 0.2) is 0 Å². The number of hydrogen-bond donors (Lipinski definition) is 1. The highest BCUT2D eigenvalue weighted by Gasteiger charge is 2.36. The molecule has 0 unspecified atom stereocenters. The summed E-state index contributed by atoms with van der Waals surface area (Å²) in [4.78, 5) is 30.0. The first-order chi connectivity index (χ1) is 15.6. The van der Waals surface area contributed by atoms with E-state index in [1.54, 1.807) is 0 Å². The maximum atomic E-state index is 12.8. The summed E-state index contributed by atoms with van der Waals surface area (Å²) in [6.07, 6.45) is 5.71. The van der Waals surface area contributed by atoms with Gasteiger partial charge in [0, 0.05) is 51.9 Å². The lowest BCUT2D eigenvalue weighted by molar-refractivity contribution is -0.135. The Morgan fingerprint density at radius 3 is 2.47 bits per heavy atom. The van der Waals surface area contributed by atoms with Crippen LogP contribution in [0.15, 0.2) is 24.3 Å². The van der Waals surface area contributed by atoms with Gasteiger partial charge in [0.2, 0.25) is 0 Å². The van der Waals surface area contributed by atoms with E-state index in [9.17, 15) is 9.59 Å². The second-order valence-electron chi connectivity index (χ2n) is 9.90. The van der Waals surface area contributed by atoms with Crippen LogP contribution in [-0.4, -0.2) is 92.6 Å². The van der Waals surface area contributed by atoms with Gasteiger partial charge in [0.25, 0.3) is 12.4 Å². The molecule has 0 aliphatic carbocycles. The minimum atomic E-state index is 0.0485. The Morgan fingerprint density at radius 1 is 1.12 bits per heavy atom. The van der Waals surface area contributed by atoms with Crippen LogP contribution in [0.25, 0.3) is 0 Å². The lowest BCUT2D eigenvalue weighted by Gasteiger charge is -2.39. The molecule has 3 fully saturated rings. The van der Waals surface area contributed by atoms with E-state index in [-0.39, 0.29) is 12.0 Å². The van der Waals surface area contributed by atoms with Gasteiger partial charge in [0.1, 0.15) is 6.10 Å². The summed E-state index contributed by atoms with van der Waals surface area (Å²) < 4.78 is 5.05. The zero-order chi connectivity index (χ0) is 22.4. The highest BCUT2D eigenvalue weighted by atomic mass is 16.5. The van der Waals surface area contributed by atoms with Crippen molar-refractivity contribution < 1.29 is 14.3 Å². The number of benzene rings is 1. The Balaban J connectivity index is 1.19. The van der Waals surface area contributed by atoms with Gasteiger partial charge in [0.05, 0.1) is 0 Å². The summed E-state index contributed by atoms with van der Waals surface area (Å²) in [6, 6.07) is 8.17. The topological polar surface area (TPSA) is 65.1 Å². The Hall–Kier alpha value is -1.96. The predicted molar refractivity (Wildman–Crippen MR) is 124 cm³/mol. The molecule has 0 saturated carbocycles. The number of carbonyl (C=O) groups excluding carboxylic acids is 2. The van der Waals surface area contributed by atoms with Crippen molar-refractivity contribution >= 4 is 12.4 Å². The van der Waals surface area contributed by atoms with Gasteiger partial charge < -0.3 is 19.9 Å². The maximum absolute atomic E-state index is 12.8. The first kappa shape index (κ1) is 23.2. The lowest BCUT2D eigenvalue weighted by atomic mass is 9.78. The van der Waals surface area contributed by atoms with Crippen molar-refractivity contribution in [1.82, 2.24) is 20.0 Å². The number of carbonyl (C=O) groups is 2. The average Bonchev–Trinajstić information content (AvgIpc) is 3.28. The molecule has 3 aliphatic heterocycles. The molecule has 32 heavy (non-hydrogen) atoms. The van der Waals surface area contributed by atoms with Crippen molar-refractivity contribution in [3.63, 3.8) is 0 Å². The average molecular weight is 443 g/mol. The molecule has 0 radical (unpaired) electrons. The smallest absolute Gasteiger partial charge is 0.293 e. The minimum absolute atomic E-state index is 0.0485. The molecule has 3 saturated heterocycles. The van der Waals surface area contributed by atoms with E-state index in [1.807, 2.05) is 24.1 Å². The fourth-order valence-electron chi connectivity index (χ4n) is 5.38. The molecule has 1 spiro atoms. The first-order valence-corrected chi connectivity index (χ1v) is 12.2. The number of rotatable bonds is 8. The molecule has 1 aromatic rings. The monoisotopic (exact) mass is 442 g/mol. The Bertz CT molecular complexity index is 745. The molecule has 1 amide bonds. The van der Waals surface area contributed by atoms with Crippen LogP contribution in [0.5, 0.6) is 0 Å². The highest BCUT2D eigenvalue weighted by Crippen LogP contribution is 2.37. The van der Waals surface area contributed by atoms with E-state index in [4.69, 9.17) is 4.74 Å². The standard InChI is InChI=1S/C25H38N4O3/c1-27(16-17-28-12-6-23(7-13-28)32-20-30)24(31)22-4-2-21(3-5-22)18-29-14-9-25(10-15-29)8-11-26-19-25/h2-5,20,23,26H,6-19H2,1H3. The number of piperidine rings is 2. The van der Waals surface area contributed by atoms with Crippen LogP contribution in [-0.2, 0) is 16.1 Å². The fourth-order valence-corrected chi connectivity index (χ4v) is 5.38. The number of amides is 1. The van der Waals surface area contributed by atoms with Crippen LogP contribution in [0.3, 0.4) is 0 Å². The molecule has 0 atom stereocenters. The van der Waals surface area contributed by atoms with E-state index in [2.05, 4.69) is 27.2 Å². The number of hydrogen-bond acceptors (Lipinski definition) is 6. The highest BCUT2D eigenvalue weighted by molar-refractivity contribution is 5.94. The van der Waals surface area contributed by atoms with E-state index in [0.29, 0.717) is 18.4 Å². The van der Waals surface area contributed by atoms with E-state index < -0.39 is 0 Å². The van der Waals surface area contributed by atoms with E-state index in [1.165, 1.54) is 51.0 Å². The van der Waals surface area contributed by atoms with E-state index in [0.717, 1.165) is 44.6 Å². The Kier molecular flexibility index (Phi) is 7.81. The van der Waals surface area contributed by atoms with Crippen molar-refractivity contribution in [2.75, 3.05) is 59.4 Å². The predicted octanol–water partition coefficient (Wildman–Crippen LogP) is 1.97. The zero-order valence-corrected chi connectivity index (χ0v) is 19.4. The second kappa shape index (κ2) is 10.8. The first-order valence-electron chi connectivity index (χ1n) is 12.2. The van der Waals surface area contributed by atoms with Crippen molar-refractivity contribution in [3.05, 3.63) is 35.4 Å². The van der Waals surface area contributed by atoms with Gasteiger partial charge in [-0.15, -0.1) is 0 Å². The van der Waals surface area contributed by atoms with E-state index >= 15 is 0 Å². The van der Waals surface area contributed by atoms with Crippen LogP contribution in [0.1, 0.15) is 48.0 Å². The van der Waals surface area contributed by atoms with Crippen LogP contribution < -0.4 is 5.32 Å². The van der Waals surface area contributed by atoms with Gasteiger partial charge in [-0.05, 0) is 74.8 Å². The van der Waals surface area contributed by atoms with Crippen molar-refractivity contribution in [3.8, 4) is 0 Å². The zero-order valence-electron chi connectivity index (χ0n) is 19.4. The molecule has 7 nitrogen and oxygen atoms in total. The van der Waals surface area contributed by atoms with Crippen molar-refractivity contribution in [2.24, 2.45) is 5.41 Å². The molecule has 1 N–H and O–H groups in total. The van der Waals surface area contributed by atoms with Crippen LogP contribution >= 0.6 is 0 Å². The number of likely N-dealkylation sites (tertiary alicyclic amines) is 2. The largest absolute Gasteiger partial charge is 0.464 e. The van der Waals surface area contributed by atoms with Gasteiger partial charge in [-0.2, -0.15) is 0 Å². The molecular formula is C25H38N4O3. The van der Waals surface area contributed by atoms with Crippen molar-refractivity contribution in [2.45, 2.75) is 44.8 Å². The number of ether oxygens (including phenoxy) is 1. The molecule has 4 rings (SSSR count). The number of nitrogens with one attached hydrogen (secondary N) is 1. The Morgan fingerprint density at radius 2 is 1.84 bits per heavy atom. The minimum Gasteiger partial charge on any atom is -0.464 e. The van der Waals surface area contributed by atoms with Crippen molar-refractivity contribution in [1.29, 1.82) is 0 Å². The van der Waals surface area contributed by atoms with Gasteiger partial charge in [-0.1, -0.05) is 12.1 Å². The van der Waals surface area contributed by atoms with Gasteiger partial charge >= 0.3 is 0 Å². The van der Waals surface area contributed by atoms with Gasteiger partial charge in [-0.25, -0.2) is 0 Å². The SMILES string of the molecule is CN(CCN1CCC(OC=O)CC1)C(=O)c1ccc(CN2CCC3(CCNC3)CC2)cc1. The molecule has 0 aromatic heterocycles. The summed E-state index contributed by atoms with van der Waals surface area (Å²) in [5.74, 6) is 0.0735. The summed E-state index contributed by atoms with van der Waals surface area (Å²) in [5.41, 5.74) is 2.59. The summed E-state index contributed by atoms with van der Waals surface area (Å²) in [6.45, 7) is 9.59. The number of likely N-dealkylation sites (N-methyl/N-ethyl adjacent to an activating group) is 1. The maximum Gasteiger partial charge on any atom is 0.293 e. The van der Waals surface area contributed by atoms with Crippen LogP contribution in [0.2, 0.25) is 0 Å². The normalized spacial score (nSPS) is 22.2. The number of nitrogens with zero attached hydrogens (tertiary/aromatic N) is 3. The summed E-state index contributed by atoms with van der Waals surface area (Å²) in [5, 5.41) is 3.53. The fraction of sp³-hybridized carbons (Fsp3) is 0.680. The van der Waals surface area contributed by atoms with Gasteiger partial charge in [-0.3, -0.25) is 14.5 Å². The third-order valence-corrected chi connectivity index (χ3v) is 7.74.